The van der Waals surface area contributed by atoms with Crippen LogP contribution >= 0.6 is 11.6 Å². The van der Waals surface area contributed by atoms with Gasteiger partial charge in [0.25, 0.3) is 0 Å². The van der Waals surface area contributed by atoms with Gasteiger partial charge in [0.15, 0.2) is 5.78 Å². The van der Waals surface area contributed by atoms with Crippen molar-refractivity contribution in [2.75, 3.05) is 0 Å². The third kappa shape index (κ3) is 2.78. The summed E-state index contributed by atoms with van der Waals surface area (Å²) in [6.07, 6.45) is 2.84. The Bertz CT molecular complexity index is 356. The van der Waals surface area contributed by atoms with E-state index in [4.69, 9.17) is 11.6 Å². The monoisotopic (exact) mass is 226 g/mol. The lowest BCUT2D eigenvalue weighted by Gasteiger charge is -2.08. The Morgan fingerprint density at radius 3 is 2.53 bits per heavy atom. The lowest BCUT2D eigenvalue weighted by molar-refractivity contribution is -0.119. The fourth-order valence-electron chi connectivity index (χ4n) is 1.53. The van der Waals surface area contributed by atoms with Gasteiger partial charge in [-0.15, -0.1) is 11.6 Å². The molecule has 1 atom stereocenters. The first-order valence-corrected chi connectivity index (χ1v) is 5.52. The van der Waals surface area contributed by atoms with E-state index in [0.29, 0.717) is 17.9 Å². The second-order valence-electron chi connectivity index (χ2n) is 4.03. The summed E-state index contributed by atoms with van der Waals surface area (Å²) >= 11 is 6.01. The third-order valence-corrected chi connectivity index (χ3v) is 3.13. The predicted octanol–water partition coefficient (Wildman–Crippen LogP) is 3.47. The van der Waals surface area contributed by atoms with Crippen LogP contribution in [0.1, 0.15) is 30.2 Å². The summed E-state index contributed by atoms with van der Waals surface area (Å²) in [6.45, 7) is 0. The second kappa shape index (κ2) is 4.31. The van der Waals surface area contributed by atoms with E-state index >= 15 is 0 Å². The van der Waals surface area contributed by atoms with Gasteiger partial charge in [-0.1, -0.05) is 12.1 Å². The van der Waals surface area contributed by atoms with Crippen LogP contribution in [0, 0.1) is 11.7 Å². The maximum absolute atomic E-state index is 12.6. The zero-order valence-corrected chi connectivity index (χ0v) is 9.01. The Morgan fingerprint density at radius 1 is 1.40 bits per heavy atom. The van der Waals surface area contributed by atoms with Crippen molar-refractivity contribution < 1.29 is 9.18 Å². The van der Waals surface area contributed by atoms with Gasteiger partial charge in [0, 0.05) is 6.42 Å². The highest BCUT2D eigenvalue weighted by Gasteiger charge is 2.28. The maximum Gasteiger partial charge on any atom is 0.155 e. The van der Waals surface area contributed by atoms with Gasteiger partial charge in [0.2, 0.25) is 0 Å². The molecule has 1 nitrogen and oxygen atoms in total. The van der Waals surface area contributed by atoms with Crippen LogP contribution in [0.15, 0.2) is 24.3 Å². The van der Waals surface area contributed by atoms with E-state index in [1.54, 1.807) is 12.1 Å². The van der Waals surface area contributed by atoms with Gasteiger partial charge in [-0.25, -0.2) is 4.39 Å². The quantitative estimate of drug-likeness (QED) is 0.719. The molecule has 1 fully saturated rings. The van der Waals surface area contributed by atoms with Crippen LogP contribution in [-0.4, -0.2) is 5.78 Å². The smallest absolute Gasteiger partial charge is 0.155 e. The summed E-state index contributed by atoms with van der Waals surface area (Å²) < 4.78 is 12.6. The van der Waals surface area contributed by atoms with Gasteiger partial charge in [0.05, 0.1) is 0 Å². The van der Waals surface area contributed by atoms with Crippen LogP contribution in [0.5, 0.6) is 0 Å². The number of ketones is 1. The largest absolute Gasteiger partial charge is 0.298 e. The number of halogens is 2. The van der Waals surface area contributed by atoms with Gasteiger partial charge in [-0.3, -0.25) is 4.79 Å². The molecule has 0 aliphatic heterocycles. The Labute approximate surface area is 93.2 Å². The van der Waals surface area contributed by atoms with Crippen molar-refractivity contribution in [3.05, 3.63) is 35.6 Å². The normalized spacial score (nSPS) is 17.5. The highest BCUT2D eigenvalue weighted by Crippen LogP contribution is 2.35. The Morgan fingerprint density at radius 2 is 2.00 bits per heavy atom. The number of hydrogen-bond acceptors (Lipinski definition) is 1. The van der Waals surface area contributed by atoms with E-state index in [2.05, 4.69) is 0 Å². The summed E-state index contributed by atoms with van der Waals surface area (Å²) in [7, 11) is 0. The van der Waals surface area contributed by atoms with Gasteiger partial charge < -0.3 is 0 Å². The fourth-order valence-corrected chi connectivity index (χ4v) is 1.76. The average molecular weight is 227 g/mol. The number of carbonyl (C=O) groups is 1. The summed E-state index contributed by atoms with van der Waals surface area (Å²) in [5, 5.41) is -0.619. The van der Waals surface area contributed by atoms with Crippen molar-refractivity contribution in [3.63, 3.8) is 0 Å². The molecule has 1 aromatic rings. The fraction of sp³-hybridized carbons (Fsp3) is 0.417. The number of rotatable bonds is 4. The Kier molecular flexibility index (Phi) is 3.06. The molecular formula is C12H12ClFO. The summed E-state index contributed by atoms with van der Waals surface area (Å²) in [4.78, 5) is 11.7. The molecule has 0 aromatic heterocycles. The number of Topliss-reactive ketones (excluding diaryl/α,β-unsaturated/α-hetero) is 1. The van der Waals surface area contributed by atoms with Crippen LogP contribution in [0.25, 0.3) is 0 Å². The Hall–Kier alpha value is -0.890. The van der Waals surface area contributed by atoms with Crippen LogP contribution in [0.3, 0.4) is 0 Å². The first kappa shape index (κ1) is 10.6. The molecule has 0 saturated heterocycles. The van der Waals surface area contributed by atoms with Crippen molar-refractivity contribution in [1.82, 2.24) is 0 Å². The maximum atomic E-state index is 12.6. The van der Waals surface area contributed by atoms with Crippen LogP contribution in [-0.2, 0) is 4.79 Å². The van der Waals surface area contributed by atoms with Gasteiger partial charge >= 0.3 is 0 Å². The molecule has 0 N–H and O–H groups in total. The van der Waals surface area contributed by atoms with Crippen molar-refractivity contribution in [2.45, 2.75) is 24.6 Å². The van der Waals surface area contributed by atoms with E-state index in [0.717, 1.165) is 12.8 Å². The van der Waals surface area contributed by atoms with Crippen molar-refractivity contribution in [3.8, 4) is 0 Å². The third-order valence-electron chi connectivity index (χ3n) is 2.63. The molecule has 1 saturated carbocycles. The average Bonchev–Trinajstić information content (AvgIpc) is 3.02. The number of hydrogen-bond donors (Lipinski definition) is 0. The Balaban J connectivity index is 2.02. The van der Waals surface area contributed by atoms with E-state index in [-0.39, 0.29) is 11.6 Å². The van der Waals surface area contributed by atoms with Crippen molar-refractivity contribution in [1.29, 1.82) is 0 Å². The molecule has 15 heavy (non-hydrogen) atoms. The molecule has 80 valence electrons. The van der Waals surface area contributed by atoms with Gasteiger partial charge in [0.1, 0.15) is 11.2 Å². The zero-order valence-electron chi connectivity index (χ0n) is 8.25. The molecule has 0 bridgehead atoms. The van der Waals surface area contributed by atoms with E-state index < -0.39 is 5.38 Å². The highest BCUT2D eigenvalue weighted by molar-refractivity contribution is 6.31. The molecular weight excluding hydrogens is 215 g/mol. The zero-order chi connectivity index (χ0) is 10.8. The lowest BCUT2D eigenvalue weighted by Crippen LogP contribution is -2.07. The molecule has 0 amide bonds. The minimum absolute atomic E-state index is 0.0470. The first-order valence-electron chi connectivity index (χ1n) is 5.09. The minimum atomic E-state index is -0.619. The van der Waals surface area contributed by atoms with E-state index in [9.17, 15) is 9.18 Å². The molecule has 1 aromatic carbocycles. The molecule has 1 aliphatic rings. The van der Waals surface area contributed by atoms with E-state index in [1.807, 2.05) is 0 Å². The summed E-state index contributed by atoms with van der Waals surface area (Å²) in [6, 6.07) is 5.79. The second-order valence-corrected chi connectivity index (χ2v) is 4.46. The predicted molar refractivity (Wildman–Crippen MR) is 57.3 cm³/mol. The molecule has 3 heteroatoms. The minimum Gasteiger partial charge on any atom is -0.298 e. The highest BCUT2D eigenvalue weighted by atomic mass is 35.5. The standard InChI is InChI=1S/C12H12ClFO/c13-12(11(15)7-8-1-2-8)9-3-5-10(14)6-4-9/h3-6,8,12H,1-2,7H2. The summed E-state index contributed by atoms with van der Waals surface area (Å²) in [5.41, 5.74) is 0.684. The van der Waals surface area contributed by atoms with Crippen LogP contribution in [0.2, 0.25) is 0 Å². The van der Waals surface area contributed by atoms with Crippen molar-refractivity contribution >= 4 is 17.4 Å². The molecule has 1 aliphatic carbocycles. The molecule has 2 rings (SSSR count). The van der Waals surface area contributed by atoms with E-state index in [1.165, 1.54) is 12.1 Å². The van der Waals surface area contributed by atoms with Gasteiger partial charge in [-0.05, 0) is 36.5 Å². The van der Waals surface area contributed by atoms with Gasteiger partial charge in [-0.2, -0.15) is 0 Å². The summed E-state index contributed by atoms with van der Waals surface area (Å²) in [5.74, 6) is 0.280. The SMILES string of the molecule is O=C(CC1CC1)C(Cl)c1ccc(F)cc1. The first-order chi connectivity index (χ1) is 7.16. The molecule has 1 unspecified atom stereocenters. The lowest BCUT2D eigenvalue weighted by atomic mass is 10.0. The topological polar surface area (TPSA) is 17.1 Å². The number of benzene rings is 1. The molecule has 0 spiro atoms. The number of alkyl halides is 1. The molecule has 0 heterocycles. The van der Waals surface area contributed by atoms with Crippen LogP contribution in [0.4, 0.5) is 4.39 Å². The van der Waals surface area contributed by atoms with Crippen molar-refractivity contribution in [2.24, 2.45) is 5.92 Å². The number of carbonyl (C=O) groups excluding carboxylic acids is 1. The van der Waals surface area contributed by atoms with Crippen LogP contribution < -0.4 is 0 Å². The molecule has 0 radical (unpaired) electrons.